The van der Waals surface area contributed by atoms with Gasteiger partial charge in [-0.05, 0) is 56.9 Å². The van der Waals surface area contributed by atoms with Gasteiger partial charge < -0.3 is 10.2 Å². The van der Waals surface area contributed by atoms with Crippen molar-refractivity contribution in [1.82, 2.24) is 24.4 Å². The van der Waals surface area contributed by atoms with Crippen LogP contribution in [-0.4, -0.2) is 57.5 Å². The van der Waals surface area contributed by atoms with E-state index < -0.39 is 22.9 Å². The van der Waals surface area contributed by atoms with Crippen LogP contribution in [0.5, 0.6) is 0 Å². The smallest absolute Gasteiger partial charge is 0.257 e. The van der Waals surface area contributed by atoms with E-state index >= 15 is 0 Å². The average molecular weight is 562 g/mol. The molecule has 0 aliphatic rings. The number of likely N-dealkylation sites (N-methyl/N-ethyl adjacent to an activating group) is 1. The molecule has 2 N–H and O–H groups in total. The molecule has 5 aromatic rings. The number of carbonyl (C=O) groups excluding carboxylic acids is 1. The first-order chi connectivity index (χ1) is 19.2. The van der Waals surface area contributed by atoms with Crippen LogP contribution in [-0.2, 0) is 0 Å². The topological polar surface area (TPSA) is 105 Å². The number of hydrogen-bond donors (Lipinski definition) is 2. The Kier molecular flexibility index (Phi) is 7.63. The number of nitrogens with one attached hydrogen (secondary N) is 2. The number of halogens is 2. The van der Waals surface area contributed by atoms with E-state index in [0.29, 0.717) is 40.4 Å². The third-order valence-corrected chi connectivity index (χ3v) is 6.85. The Morgan fingerprint density at radius 2 is 1.85 bits per heavy atom. The van der Waals surface area contributed by atoms with E-state index in [1.54, 1.807) is 29.8 Å². The van der Waals surface area contributed by atoms with Crippen molar-refractivity contribution in [3.63, 3.8) is 0 Å². The number of aryl methyl sites for hydroxylation is 1. The fourth-order valence-electron chi connectivity index (χ4n) is 4.18. The Bertz CT molecular complexity index is 1750. The molecule has 9 nitrogen and oxygen atoms in total. The first-order valence-electron chi connectivity index (χ1n) is 12.3. The van der Waals surface area contributed by atoms with Crippen molar-refractivity contribution >= 4 is 39.4 Å². The molecule has 0 atom stereocenters. The van der Waals surface area contributed by atoms with Gasteiger partial charge in [0, 0.05) is 47.2 Å². The van der Waals surface area contributed by atoms with Crippen LogP contribution in [0.4, 0.5) is 19.9 Å². The number of carbonyl (C=O) groups is 1. The number of hydrogen-bond acceptors (Lipinski definition) is 8. The van der Waals surface area contributed by atoms with Gasteiger partial charge in [-0.3, -0.25) is 19.5 Å². The van der Waals surface area contributed by atoms with Crippen molar-refractivity contribution < 1.29 is 13.6 Å². The molecule has 40 heavy (non-hydrogen) atoms. The Morgan fingerprint density at radius 1 is 1.07 bits per heavy atom. The molecule has 0 bridgehead atoms. The number of benzene rings is 2. The van der Waals surface area contributed by atoms with E-state index in [-0.39, 0.29) is 17.5 Å². The molecule has 0 aliphatic carbocycles. The fourth-order valence-corrected chi connectivity index (χ4v) is 4.71. The van der Waals surface area contributed by atoms with Crippen LogP contribution in [0.2, 0.25) is 0 Å². The summed E-state index contributed by atoms with van der Waals surface area (Å²) in [6, 6.07) is 11.3. The number of anilines is 2. The van der Waals surface area contributed by atoms with Crippen LogP contribution in [0.15, 0.2) is 64.9 Å². The van der Waals surface area contributed by atoms with Crippen molar-refractivity contribution in [1.29, 1.82) is 0 Å². The number of aromatic nitrogens is 4. The fraction of sp³-hybridized carbons (Fsp3) is 0.179. The van der Waals surface area contributed by atoms with Crippen molar-refractivity contribution in [3.05, 3.63) is 93.2 Å². The van der Waals surface area contributed by atoms with Crippen molar-refractivity contribution in [2.45, 2.75) is 6.92 Å². The van der Waals surface area contributed by atoms with E-state index in [1.807, 2.05) is 25.9 Å². The van der Waals surface area contributed by atoms with Gasteiger partial charge in [-0.1, -0.05) is 12.1 Å². The zero-order valence-electron chi connectivity index (χ0n) is 21.9. The van der Waals surface area contributed by atoms with Crippen molar-refractivity contribution in [3.8, 4) is 16.9 Å². The Hall–Kier alpha value is -4.55. The Morgan fingerprint density at radius 3 is 2.55 bits per heavy atom. The van der Waals surface area contributed by atoms with Crippen LogP contribution in [0.1, 0.15) is 15.9 Å². The highest BCUT2D eigenvalue weighted by Gasteiger charge is 2.21. The summed E-state index contributed by atoms with van der Waals surface area (Å²) in [5.41, 5.74) is 0.964. The lowest BCUT2D eigenvalue weighted by Gasteiger charge is -2.17. The average Bonchev–Trinajstić information content (AvgIpc) is 3.42. The molecule has 0 spiro atoms. The number of amides is 1. The molecule has 2 aromatic carbocycles. The maximum atomic E-state index is 14.9. The van der Waals surface area contributed by atoms with Gasteiger partial charge in [-0.25, -0.2) is 18.7 Å². The summed E-state index contributed by atoms with van der Waals surface area (Å²) in [6.45, 7) is 2.99. The van der Waals surface area contributed by atoms with Gasteiger partial charge >= 0.3 is 0 Å². The van der Waals surface area contributed by atoms with Crippen LogP contribution >= 0.6 is 11.3 Å². The minimum Gasteiger partial charge on any atom is -0.353 e. The number of pyridine rings is 1. The maximum Gasteiger partial charge on any atom is 0.257 e. The van der Waals surface area contributed by atoms with Crippen molar-refractivity contribution in [2.75, 3.05) is 37.8 Å². The lowest BCUT2D eigenvalue weighted by atomic mass is 9.99. The summed E-state index contributed by atoms with van der Waals surface area (Å²) in [7, 11) is 3.83. The SMILES string of the molecule is Cc1ccc(C(=O)Nc2nccs2)cc1-c1nc(NCCN(C)C)nc2c1ccc(=O)n2-c1c(F)cccc1F. The van der Waals surface area contributed by atoms with Gasteiger partial charge in [0.05, 0.1) is 5.69 Å². The van der Waals surface area contributed by atoms with E-state index in [4.69, 9.17) is 4.98 Å². The molecular weight excluding hydrogens is 536 g/mol. The van der Waals surface area contributed by atoms with Gasteiger partial charge in [-0.2, -0.15) is 4.98 Å². The molecule has 0 aliphatic heterocycles. The number of para-hydroxylation sites is 1. The monoisotopic (exact) mass is 561 g/mol. The van der Waals surface area contributed by atoms with Crippen LogP contribution in [0, 0.1) is 18.6 Å². The second kappa shape index (κ2) is 11.3. The summed E-state index contributed by atoms with van der Waals surface area (Å²) >= 11 is 1.30. The normalized spacial score (nSPS) is 11.2. The molecule has 12 heteroatoms. The third-order valence-electron chi connectivity index (χ3n) is 6.16. The lowest BCUT2D eigenvalue weighted by Crippen LogP contribution is -2.23. The van der Waals surface area contributed by atoms with Gasteiger partial charge in [0.2, 0.25) is 5.95 Å². The van der Waals surface area contributed by atoms with Gasteiger partial charge in [-0.15, -0.1) is 11.3 Å². The molecule has 3 heterocycles. The van der Waals surface area contributed by atoms with E-state index in [1.165, 1.54) is 29.5 Å². The number of fused-ring (bicyclic) bond motifs is 1. The highest BCUT2D eigenvalue weighted by molar-refractivity contribution is 7.13. The molecule has 5 rings (SSSR count). The zero-order valence-corrected chi connectivity index (χ0v) is 22.7. The van der Waals surface area contributed by atoms with Crippen molar-refractivity contribution in [2.24, 2.45) is 0 Å². The second-order valence-corrected chi connectivity index (χ2v) is 10.2. The summed E-state index contributed by atoms with van der Waals surface area (Å²) < 4.78 is 30.7. The molecule has 204 valence electrons. The van der Waals surface area contributed by atoms with E-state index in [0.717, 1.165) is 22.3 Å². The molecule has 1 amide bonds. The molecule has 0 fully saturated rings. The largest absolute Gasteiger partial charge is 0.353 e. The highest BCUT2D eigenvalue weighted by atomic mass is 32.1. The van der Waals surface area contributed by atoms with Gasteiger partial charge in [0.15, 0.2) is 10.8 Å². The first kappa shape index (κ1) is 27.0. The first-order valence-corrected chi connectivity index (χ1v) is 13.2. The Labute approximate surface area is 232 Å². The molecule has 0 saturated carbocycles. The minimum atomic E-state index is -0.908. The predicted molar refractivity (Wildman–Crippen MR) is 152 cm³/mol. The minimum absolute atomic E-state index is 0.0193. The molecule has 0 radical (unpaired) electrons. The summed E-state index contributed by atoms with van der Waals surface area (Å²) in [5.74, 6) is -2.01. The number of thiazole rings is 1. The predicted octanol–water partition coefficient (Wildman–Crippen LogP) is 4.72. The summed E-state index contributed by atoms with van der Waals surface area (Å²) in [4.78, 5) is 41.3. The molecule has 3 aromatic heterocycles. The van der Waals surface area contributed by atoms with Crippen LogP contribution in [0.3, 0.4) is 0 Å². The zero-order chi connectivity index (χ0) is 28.4. The van der Waals surface area contributed by atoms with Gasteiger partial charge in [0.1, 0.15) is 17.3 Å². The summed E-state index contributed by atoms with van der Waals surface area (Å²) in [5, 5.41) is 8.50. The quantitative estimate of drug-likeness (QED) is 0.283. The molecule has 0 unspecified atom stereocenters. The third kappa shape index (κ3) is 5.44. The maximum absolute atomic E-state index is 14.9. The number of nitrogens with zero attached hydrogens (tertiary/aromatic N) is 5. The lowest BCUT2D eigenvalue weighted by molar-refractivity contribution is 0.102. The van der Waals surface area contributed by atoms with Crippen LogP contribution < -0.4 is 16.2 Å². The standard InChI is InChI=1S/C28H25F2N7O2S/c1-16-7-8-17(26(39)35-28-32-12-14-40-28)15-19(16)23-18-9-10-22(38)37(24-20(29)5-4-6-21(24)30)25(18)34-27(33-23)31-11-13-36(2)3/h4-10,12,14-15H,11,13H2,1-3H3,(H,31,33,34)(H,32,35,39). The van der Waals surface area contributed by atoms with Gasteiger partial charge in [0.25, 0.3) is 11.5 Å². The number of rotatable bonds is 8. The second-order valence-electron chi connectivity index (χ2n) is 9.26. The van der Waals surface area contributed by atoms with E-state index in [9.17, 15) is 18.4 Å². The summed E-state index contributed by atoms with van der Waals surface area (Å²) in [6.07, 6.45) is 1.59. The molecular formula is C28H25F2N7O2S. The Balaban J connectivity index is 1.73. The van der Waals surface area contributed by atoms with Crippen LogP contribution in [0.25, 0.3) is 28.0 Å². The highest BCUT2D eigenvalue weighted by Crippen LogP contribution is 2.32. The van der Waals surface area contributed by atoms with E-state index in [2.05, 4.69) is 20.6 Å². The molecule has 0 saturated heterocycles.